The monoisotopic (exact) mass is 337 g/mol. The van der Waals surface area contributed by atoms with E-state index in [9.17, 15) is 9.59 Å². The van der Waals surface area contributed by atoms with E-state index < -0.39 is 0 Å². The maximum Gasteiger partial charge on any atom is 0.271 e. The van der Waals surface area contributed by atoms with Crippen LogP contribution in [0, 0.1) is 0 Å². The molecular formula is C20H23N3O2. The molecule has 0 aliphatic carbocycles. The Kier molecular flexibility index (Phi) is 7.38. The molecule has 5 nitrogen and oxygen atoms in total. The molecule has 2 aromatic rings. The van der Waals surface area contributed by atoms with Gasteiger partial charge in [0, 0.05) is 23.9 Å². The first-order valence-corrected chi connectivity index (χ1v) is 8.44. The summed E-state index contributed by atoms with van der Waals surface area (Å²) in [5, 5.41) is 6.75. The first kappa shape index (κ1) is 18.4. The number of nitrogens with one attached hydrogen (secondary N) is 2. The topological polar surface area (TPSA) is 70.6 Å². The van der Waals surface area contributed by atoms with Crippen molar-refractivity contribution in [2.45, 2.75) is 32.6 Å². The lowest BCUT2D eigenvalue weighted by Gasteiger charge is -2.05. The highest BCUT2D eigenvalue weighted by Crippen LogP contribution is 2.10. The summed E-state index contributed by atoms with van der Waals surface area (Å²) in [6.45, 7) is 1.95. The molecular weight excluding hydrogens is 314 g/mol. The number of carbonyl (C=O) groups is 2. The molecule has 5 heteroatoms. The fourth-order valence-corrected chi connectivity index (χ4v) is 2.26. The average molecular weight is 337 g/mol. The Hall–Kier alpha value is -2.95. The predicted molar refractivity (Wildman–Crippen MR) is 101 cm³/mol. The normalized spacial score (nSPS) is 10.6. The minimum absolute atomic E-state index is 0.0253. The molecule has 25 heavy (non-hydrogen) atoms. The highest BCUT2D eigenvalue weighted by Gasteiger charge is 2.05. The van der Waals surface area contributed by atoms with Gasteiger partial charge in [0.25, 0.3) is 5.91 Å². The summed E-state index contributed by atoms with van der Waals surface area (Å²) < 4.78 is 0. The van der Waals surface area contributed by atoms with E-state index in [1.807, 2.05) is 25.1 Å². The fourth-order valence-electron chi connectivity index (χ4n) is 2.26. The third-order valence-corrected chi connectivity index (χ3v) is 3.57. The number of rotatable bonds is 8. The van der Waals surface area contributed by atoms with Crippen LogP contribution in [-0.2, 0) is 11.2 Å². The lowest BCUT2D eigenvalue weighted by Crippen LogP contribution is -2.17. The van der Waals surface area contributed by atoms with E-state index in [0.29, 0.717) is 17.7 Å². The van der Waals surface area contributed by atoms with Gasteiger partial charge in [-0.2, -0.15) is 5.10 Å². The van der Waals surface area contributed by atoms with E-state index in [1.54, 1.807) is 30.5 Å². The Morgan fingerprint density at radius 3 is 2.44 bits per heavy atom. The van der Waals surface area contributed by atoms with Crippen molar-refractivity contribution in [3.8, 4) is 0 Å². The number of carbonyl (C=O) groups excluding carboxylic acids is 2. The molecule has 2 amide bonds. The molecule has 130 valence electrons. The van der Waals surface area contributed by atoms with Gasteiger partial charge >= 0.3 is 0 Å². The van der Waals surface area contributed by atoms with Crippen molar-refractivity contribution in [1.82, 2.24) is 5.43 Å². The van der Waals surface area contributed by atoms with E-state index in [1.165, 1.54) is 5.56 Å². The van der Waals surface area contributed by atoms with Crippen LogP contribution in [-0.4, -0.2) is 18.0 Å². The van der Waals surface area contributed by atoms with Crippen molar-refractivity contribution < 1.29 is 9.59 Å². The van der Waals surface area contributed by atoms with E-state index >= 15 is 0 Å². The molecule has 0 spiro atoms. The van der Waals surface area contributed by atoms with Gasteiger partial charge < -0.3 is 5.32 Å². The van der Waals surface area contributed by atoms with Crippen LogP contribution in [0.4, 0.5) is 5.69 Å². The maximum atomic E-state index is 12.0. The summed E-state index contributed by atoms with van der Waals surface area (Å²) in [5.74, 6) is -0.301. The molecule has 2 N–H and O–H groups in total. The first-order chi connectivity index (χ1) is 12.2. The number of anilines is 1. The molecule has 0 bridgehead atoms. The zero-order valence-electron chi connectivity index (χ0n) is 14.4. The third kappa shape index (κ3) is 6.59. The summed E-state index contributed by atoms with van der Waals surface area (Å²) in [6, 6.07) is 16.9. The molecule has 0 heterocycles. The number of amides is 2. The zero-order chi connectivity index (χ0) is 17.9. The standard InChI is InChI=1S/C20H23N3O2/c1-2-7-19(24)22-18-13-11-17(12-14-18)20(25)23-21-15-6-10-16-8-4-3-5-9-16/h3-5,8-9,11-15H,2,6-7,10H2,1H3,(H,22,24)(H,23,25)/b21-15+. The van der Waals surface area contributed by atoms with Crippen LogP contribution >= 0.6 is 0 Å². The number of hydrogen-bond donors (Lipinski definition) is 2. The molecule has 0 aromatic heterocycles. The van der Waals surface area contributed by atoms with Crippen molar-refractivity contribution in [2.75, 3.05) is 5.32 Å². The quantitative estimate of drug-likeness (QED) is 0.568. The molecule has 0 unspecified atom stereocenters. The van der Waals surface area contributed by atoms with Crippen molar-refractivity contribution in [1.29, 1.82) is 0 Å². The van der Waals surface area contributed by atoms with Gasteiger partial charge in [0.2, 0.25) is 5.91 Å². The second-order valence-electron chi connectivity index (χ2n) is 5.65. The molecule has 0 aliphatic heterocycles. The van der Waals surface area contributed by atoms with Crippen molar-refractivity contribution >= 4 is 23.7 Å². The van der Waals surface area contributed by atoms with Crippen LogP contribution in [0.15, 0.2) is 59.7 Å². The van der Waals surface area contributed by atoms with Gasteiger partial charge in [0.05, 0.1) is 0 Å². The van der Waals surface area contributed by atoms with Crippen LogP contribution in [0.1, 0.15) is 42.1 Å². The van der Waals surface area contributed by atoms with E-state index in [0.717, 1.165) is 19.3 Å². The largest absolute Gasteiger partial charge is 0.326 e. The second-order valence-corrected chi connectivity index (χ2v) is 5.65. The second kappa shape index (κ2) is 10.0. The Bertz CT molecular complexity index is 709. The third-order valence-electron chi connectivity index (χ3n) is 3.57. The number of benzene rings is 2. The highest BCUT2D eigenvalue weighted by atomic mass is 16.2. The molecule has 0 saturated heterocycles. The van der Waals surface area contributed by atoms with E-state index in [-0.39, 0.29) is 11.8 Å². The molecule has 0 atom stereocenters. The number of aryl methyl sites for hydroxylation is 1. The van der Waals surface area contributed by atoms with Gasteiger partial charge in [-0.1, -0.05) is 37.3 Å². The maximum absolute atomic E-state index is 12.0. The van der Waals surface area contributed by atoms with E-state index in [2.05, 4.69) is 28.0 Å². The summed E-state index contributed by atoms with van der Waals surface area (Å²) in [6.07, 6.45) is 4.62. The highest BCUT2D eigenvalue weighted by molar-refractivity contribution is 5.95. The molecule has 2 rings (SSSR count). The van der Waals surface area contributed by atoms with Gasteiger partial charge in [-0.15, -0.1) is 0 Å². The van der Waals surface area contributed by atoms with Gasteiger partial charge in [-0.05, 0) is 49.1 Å². The van der Waals surface area contributed by atoms with Gasteiger partial charge in [0.1, 0.15) is 0 Å². The predicted octanol–water partition coefficient (Wildman–Crippen LogP) is 3.77. The van der Waals surface area contributed by atoms with Crippen LogP contribution in [0.25, 0.3) is 0 Å². The van der Waals surface area contributed by atoms with Crippen LogP contribution < -0.4 is 10.7 Å². The summed E-state index contributed by atoms with van der Waals surface area (Å²) in [5.41, 5.74) is 4.92. The Morgan fingerprint density at radius 2 is 1.76 bits per heavy atom. The Morgan fingerprint density at radius 1 is 1.04 bits per heavy atom. The van der Waals surface area contributed by atoms with Crippen LogP contribution in [0.5, 0.6) is 0 Å². The van der Waals surface area contributed by atoms with Crippen molar-refractivity contribution in [3.05, 3.63) is 65.7 Å². The van der Waals surface area contributed by atoms with E-state index in [4.69, 9.17) is 0 Å². The van der Waals surface area contributed by atoms with Crippen molar-refractivity contribution in [2.24, 2.45) is 5.10 Å². The fraction of sp³-hybridized carbons (Fsp3) is 0.250. The molecule has 0 radical (unpaired) electrons. The lowest BCUT2D eigenvalue weighted by atomic mass is 10.1. The number of hydrogen-bond acceptors (Lipinski definition) is 3. The Labute approximate surface area is 148 Å². The SMILES string of the molecule is CCCC(=O)Nc1ccc(C(=O)N/N=C/CCc2ccccc2)cc1. The number of hydrazone groups is 1. The summed E-state index contributed by atoms with van der Waals surface area (Å²) in [7, 11) is 0. The minimum atomic E-state index is -0.276. The van der Waals surface area contributed by atoms with Gasteiger partial charge in [0.15, 0.2) is 0 Å². The molecule has 2 aromatic carbocycles. The molecule has 0 aliphatic rings. The summed E-state index contributed by atoms with van der Waals surface area (Å²) in [4.78, 5) is 23.5. The molecule has 0 fully saturated rings. The first-order valence-electron chi connectivity index (χ1n) is 8.44. The minimum Gasteiger partial charge on any atom is -0.326 e. The lowest BCUT2D eigenvalue weighted by molar-refractivity contribution is -0.116. The van der Waals surface area contributed by atoms with Crippen molar-refractivity contribution in [3.63, 3.8) is 0 Å². The molecule has 0 saturated carbocycles. The average Bonchev–Trinajstić information content (AvgIpc) is 2.63. The Balaban J connectivity index is 1.76. The van der Waals surface area contributed by atoms with Gasteiger partial charge in [-0.25, -0.2) is 5.43 Å². The van der Waals surface area contributed by atoms with Crippen LogP contribution in [0.3, 0.4) is 0 Å². The number of nitrogens with zero attached hydrogens (tertiary/aromatic N) is 1. The van der Waals surface area contributed by atoms with Gasteiger partial charge in [-0.3, -0.25) is 9.59 Å². The smallest absolute Gasteiger partial charge is 0.271 e. The van der Waals surface area contributed by atoms with Crippen LogP contribution in [0.2, 0.25) is 0 Å². The summed E-state index contributed by atoms with van der Waals surface area (Å²) >= 11 is 0. The zero-order valence-corrected chi connectivity index (χ0v) is 14.4.